The monoisotopic (exact) mass is 360 g/mol. The van der Waals surface area contributed by atoms with Crippen LogP contribution >= 0.6 is 0 Å². The Morgan fingerprint density at radius 2 is 1.60 bits per heavy atom. The quantitative estimate of drug-likeness (QED) is 0.367. The van der Waals surface area contributed by atoms with E-state index in [2.05, 4.69) is 0 Å². The number of carbonyl (C=O) groups is 1. The number of ether oxygens (including phenoxy) is 6. The van der Waals surface area contributed by atoms with Crippen LogP contribution in [0.25, 0.3) is 0 Å². The number of aliphatic carboxylic acids is 1. The molecule has 25 heavy (non-hydrogen) atoms. The summed E-state index contributed by atoms with van der Waals surface area (Å²) in [5.41, 5.74) is 0.0530. The Kier molecular flexibility index (Phi) is 10.5. The lowest BCUT2D eigenvalue weighted by Gasteiger charge is -2.18. The van der Waals surface area contributed by atoms with E-state index in [-0.39, 0.29) is 30.6 Å². The molecular weight excluding hydrogens is 336 g/mol. The van der Waals surface area contributed by atoms with Gasteiger partial charge in [0, 0.05) is 19.8 Å². The molecule has 0 amide bonds. The minimum Gasteiger partial charge on any atom is -0.479 e. The van der Waals surface area contributed by atoms with Crippen molar-refractivity contribution in [1.82, 2.24) is 0 Å². The Hall–Kier alpha value is -1.91. The van der Waals surface area contributed by atoms with Crippen LogP contribution in [0.3, 0.4) is 0 Å². The first-order valence-corrected chi connectivity index (χ1v) is 7.54. The number of hydrogen-bond acceptors (Lipinski definition) is 8. The first-order chi connectivity index (χ1) is 12.1. The minimum absolute atomic E-state index is 0.0530. The van der Waals surface area contributed by atoms with Gasteiger partial charge in [0.1, 0.15) is 0 Å². The summed E-state index contributed by atoms with van der Waals surface area (Å²) in [4.78, 5) is 11.1. The third-order valence-corrected chi connectivity index (χ3v) is 2.99. The number of hydrogen-bond donors (Lipinski definition) is 2. The molecule has 2 N–H and O–H groups in total. The van der Waals surface area contributed by atoms with E-state index in [1.165, 1.54) is 13.2 Å². The Morgan fingerprint density at radius 1 is 1.00 bits per heavy atom. The summed E-state index contributed by atoms with van der Waals surface area (Å²) < 4.78 is 31.0. The molecule has 1 rings (SSSR count). The molecule has 0 saturated carbocycles. The third-order valence-electron chi connectivity index (χ3n) is 2.99. The van der Waals surface area contributed by atoms with Crippen LogP contribution in [0.2, 0.25) is 0 Å². The zero-order valence-corrected chi connectivity index (χ0v) is 14.3. The molecule has 0 radical (unpaired) electrons. The molecule has 0 heterocycles. The normalized spacial score (nSPS) is 12.0. The van der Waals surface area contributed by atoms with Crippen LogP contribution in [-0.2, 0) is 23.7 Å². The van der Waals surface area contributed by atoms with Gasteiger partial charge < -0.3 is 38.6 Å². The van der Waals surface area contributed by atoms with Gasteiger partial charge >= 0.3 is 5.97 Å². The molecule has 0 aliphatic rings. The largest absolute Gasteiger partial charge is 0.479 e. The van der Waals surface area contributed by atoms with Gasteiger partial charge in [-0.15, -0.1) is 0 Å². The van der Waals surface area contributed by atoms with Crippen molar-refractivity contribution in [3.63, 3.8) is 0 Å². The molecule has 1 aromatic rings. The standard InChI is InChI=1S/C16H24O9/c1-20-6-8-22-10-24-13-5-3-4-12(14(17)16(18)19)15(13)25-11-23-9-7-21-2/h3-5,14,17H,6-11H2,1-2H3,(H,18,19). The predicted octanol–water partition coefficient (Wildman–Crippen LogP) is 0.803. The van der Waals surface area contributed by atoms with Gasteiger partial charge in [-0.1, -0.05) is 12.1 Å². The van der Waals surface area contributed by atoms with Gasteiger partial charge in [-0.2, -0.15) is 0 Å². The first kappa shape index (κ1) is 21.1. The van der Waals surface area contributed by atoms with Crippen molar-refractivity contribution in [3.05, 3.63) is 23.8 Å². The second kappa shape index (κ2) is 12.5. The van der Waals surface area contributed by atoms with Crippen LogP contribution in [0.15, 0.2) is 18.2 Å². The number of aliphatic hydroxyl groups excluding tert-OH is 1. The van der Waals surface area contributed by atoms with Gasteiger partial charge in [0.2, 0.25) is 0 Å². The Balaban J connectivity index is 2.78. The predicted molar refractivity (Wildman–Crippen MR) is 85.7 cm³/mol. The van der Waals surface area contributed by atoms with Crippen LogP contribution in [0, 0.1) is 0 Å². The van der Waals surface area contributed by atoms with Crippen molar-refractivity contribution in [2.24, 2.45) is 0 Å². The third kappa shape index (κ3) is 7.67. The second-order valence-corrected chi connectivity index (χ2v) is 4.74. The first-order valence-electron chi connectivity index (χ1n) is 7.54. The summed E-state index contributed by atoms with van der Waals surface area (Å²) in [6.45, 7) is 1.20. The average Bonchev–Trinajstić information content (AvgIpc) is 2.61. The lowest BCUT2D eigenvalue weighted by atomic mass is 10.1. The zero-order valence-electron chi connectivity index (χ0n) is 14.3. The summed E-state index contributed by atoms with van der Waals surface area (Å²) in [6, 6.07) is 4.55. The fourth-order valence-corrected chi connectivity index (χ4v) is 1.76. The van der Waals surface area contributed by atoms with Crippen molar-refractivity contribution >= 4 is 5.97 Å². The number of aliphatic hydroxyl groups is 1. The van der Waals surface area contributed by atoms with Crippen LogP contribution in [0.1, 0.15) is 11.7 Å². The molecule has 0 aliphatic heterocycles. The molecule has 0 fully saturated rings. The van der Waals surface area contributed by atoms with Gasteiger partial charge in [0.15, 0.2) is 31.2 Å². The molecule has 0 aliphatic carbocycles. The fourth-order valence-electron chi connectivity index (χ4n) is 1.76. The smallest absolute Gasteiger partial charge is 0.337 e. The number of methoxy groups -OCH3 is 2. The lowest BCUT2D eigenvalue weighted by Crippen LogP contribution is -2.15. The number of carboxylic acids is 1. The van der Waals surface area contributed by atoms with Crippen LogP contribution < -0.4 is 9.47 Å². The van der Waals surface area contributed by atoms with Crippen molar-refractivity contribution < 1.29 is 43.4 Å². The minimum atomic E-state index is -1.76. The molecule has 0 spiro atoms. The van der Waals surface area contributed by atoms with E-state index in [9.17, 15) is 9.90 Å². The van der Waals surface area contributed by atoms with Crippen LogP contribution in [0.4, 0.5) is 0 Å². The highest BCUT2D eigenvalue weighted by Crippen LogP contribution is 2.35. The maximum Gasteiger partial charge on any atom is 0.337 e. The number of para-hydroxylation sites is 1. The molecule has 142 valence electrons. The highest BCUT2D eigenvalue weighted by atomic mass is 16.7. The summed E-state index contributed by atoms with van der Waals surface area (Å²) in [7, 11) is 3.09. The highest BCUT2D eigenvalue weighted by molar-refractivity contribution is 5.75. The van der Waals surface area contributed by atoms with Gasteiger partial charge in [0.05, 0.1) is 26.4 Å². The number of benzene rings is 1. The molecule has 0 bridgehead atoms. The van der Waals surface area contributed by atoms with Gasteiger partial charge in [-0.05, 0) is 6.07 Å². The molecule has 9 heteroatoms. The van der Waals surface area contributed by atoms with Crippen LogP contribution in [0.5, 0.6) is 11.5 Å². The fraction of sp³-hybridized carbons (Fsp3) is 0.562. The van der Waals surface area contributed by atoms with E-state index in [0.29, 0.717) is 26.4 Å². The Bertz CT molecular complexity index is 506. The topological polar surface area (TPSA) is 113 Å². The number of rotatable bonds is 14. The highest BCUT2D eigenvalue weighted by Gasteiger charge is 2.23. The van der Waals surface area contributed by atoms with Crippen LogP contribution in [-0.4, -0.2) is 70.4 Å². The summed E-state index contributed by atoms with van der Waals surface area (Å²) in [5.74, 6) is -1.10. The Morgan fingerprint density at radius 3 is 2.16 bits per heavy atom. The van der Waals surface area contributed by atoms with Gasteiger partial charge in [-0.25, -0.2) is 4.79 Å². The maximum atomic E-state index is 11.1. The van der Waals surface area contributed by atoms with Gasteiger partial charge in [0.25, 0.3) is 0 Å². The molecule has 1 unspecified atom stereocenters. The zero-order chi connectivity index (χ0) is 18.5. The van der Waals surface area contributed by atoms with E-state index in [0.717, 1.165) is 0 Å². The van der Waals surface area contributed by atoms with E-state index in [1.807, 2.05) is 0 Å². The van der Waals surface area contributed by atoms with E-state index in [4.69, 9.17) is 33.5 Å². The van der Waals surface area contributed by atoms with Crippen molar-refractivity contribution in [3.8, 4) is 11.5 Å². The SMILES string of the molecule is COCCOCOc1cccc(C(O)C(=O)O)c1OCOCCOC. The van der Waals surface area contributed by atoms with Crippen molar-refractivity contribution in [2.75, 3.05) is 54.2 Å². The van der Waals surface area contributed by atoms with E-state index in [1.54, 1.807) is 19.2 Å². The molecule has 1 atom stereocenters. The van der Waals surface area contributed by atoms with E-state index < -0.39 is 12.1 Å². The maximum absolute atomic E-state index is 11.1. The molecule has 0 saturated heterocycles. The molecular formula is C16H24O9. The molecule has 0 aromatic heterocycles. The van der Waals surface area contributed by atoms with Gasteiger partial charge in [-0.3, -0.25) is 0 Å². The second-order valence-electron chi connectivity index (χ2n) is 4.74. The molecule has 9 nitrogen and oxygen atoms in total. The summed E-state index contributed by atoms with van der Waals surface area (Å²) in [6.07, 6.45) is -1.76. The van der Waals surface area contributed by atoms with Crippen molar-refractivity contribution in [1.29, 1.82) is 0 Å². The lowest BCUT2D eigenvalue weighted by molar-refractivity contribution is -0.147. The Labute approximate surface area is 146 Å². The number of carboxylic acid groups (broad SMARTS) is 1. The summed E-state index contributed by atoms with van der Waals surface area (Å²) in [5, 5.41) is 18.9. The van der Waals surface area contributed by atoms with E-state index >= 15 is 0 Å². The summed E-state index contributed by atoms with van der Waals surface area (Å²) >= 11 is 0. The van der Waals surface area contributed by atoms with Crippen molar-refractivity contribution in [2.45, 2.75) is 6.10 Å². The average molecular weight is 360 g/mol. The molecule has 1 aromatic carbocycles.